The van der Waals surface area contributed by atoms with Gasteiger partial charge in [0.15, 0.2) is 0 Å². The van der Waals surface area contributed by atoms with E-state index in [0.29, 0.717) is 15.7 Å². The molecule has 0 atom stereocenters. The van der Waals surface area contributed by atoms with Crippen LogP contribution >= 0.6 is 31.9 Å². The smallest absolute Gasteiger partial charge is 0.273 e. The molecule has 3 N–H and O–H groups in total. The SMILES string of the molecule is Cc1ccc(/C=N/NC(=O)c2cc(Br)cc(Br)c2N)cc1. The van der Waals surface area contributed by atoms with E-state index in [1.54, 1.807) is 18.3 Å². The Balaban J connectivity index is 2.10. The summed E-state index contributed by atoms with van der Waals surface area (Å²) in [6.45, 7) is 2.01. The molecule has 0 aliphatic carbocycles. The predicted molar refractivity (Wildman–Crippen MR) is 92.5 cm³/mol. The van der Waals surface area contributed by atoms with E-state index in [0.717, 1.165) is 10.0 Å². The zero-order valence-corrected chi connectivity index (χ0v) is 14.4. The van der Waals surface area contributed by atoms with Gasteiger partial charge in [-0.25, -0.2) is 5.43 Å². The molecule has 0 aromatic heterocycles. The first-order valence-electron chi connectivity index (χ1n) is 6.12. The number of rotatable bonds is 3. The third-order valence-corrected chi connectivity index (χ3v) is 3.91. The summed E-state index contributed by atoms with van der Waals surface area (Å²) >= 11 is 6.63. The van der Waals surface area contributed by atoms with Gasteiger partial charge in [-0.2, -0.15) is 5.10 Å². The molecule has 6 heteroatoms. The Labute approximate surface area is 139 Å². The summed E-state index contributed by atoms with van der Waals surface area (Å²) in [6.07, 6.45) is 1.58. The van der Waals surface area contributed by atoms with Gasteiger partial charge in [0.05, 0.1) is 17.5 Å². The number of nitrogens with two attached hydrogens (primary N) is 1. The highest BCUT2D eigenvalue weighted by Crippen LogP contribution is 2.28. The molecule has 0 saturated carbocycles. The third kappa shape index (κ3) is 4.15. The van der Waals surface area contributed by atoms with E-state index in [2.05, 4.69) is 42.4 Å². The van der Waals surface area contributed by atoms with Crippen LogP contribution in [0.5, 0.6) is 0 Å². The Bertz CT molecular complexity index is 697. The largest absolute Gasteiger partial charge is 0.397 e. The summed E-state index contributed by atoms with van der Waals surface area (Å²) in [4.78, 5) is 12.1. The van der Waals surface area contributed by atoms with Crippen molar-refractivity contribution in [3.05, 3.63) is 62.0 Å². The van der Waals surface area contributed by atoms with Gasteiger partial charge < -0.3 is 5.73 Å². The lowest BCUT2D eigenvalue weighted by atomic mass is 10.2. The van der Waals surface area contributed by atoms with Gasteiger partial charge in [-0.05, 0) is 40.5 Å². The summed E-state index contributed by atoms with van der Waals surface area (Å²) in [5.74, 6) is -0.363. The van der Waals surface area contributed by atoms with Crippen molar-refractivity contribution in [2.24, 2.45) is 5.10 Å². The first kappa shape index (κ1) is 15.7. The Hall–Kier alpha value is -1.66. The summed E-state index contributed by atoms with van der Waals surface area (Å²) in [5, 5.41) is 3.94. The van der Waals surface area contributed by atoms with Crippen molar-refractivity contribution in [3.8, 4) is 0 Å². The minimum absolute atomic E-state index is 0.359. The molecule has 2 aromatic rings. The number of amides is 1. The van der Waals surface area contributed by atoms with Crippen LogP contribution in [0.2, 0.25) is 0 Å². The first-order valence-corrected chi connectivity index (χ1v) is 7.70. The number of carbonyl (C=O) groups excluding carboxylic acids is 1. The van der Waals surface area contributed by atoms with Crippen molar-refractivity contribution in [1.82, 2.24) is 5.43 Å². The van der Waals surface area contributed by atoms with Crippen LogP contribution in [0.3, 0.4) is 0 Å². The molecular weight excluding hydrogens is 398 g/mol. The molecule has 0 fully saturated rings. The van der Waals surface area contributed by atoms with Crippen LogP contribution < -0.4 is 11.2 Å². The van der Waals surface area contributed by atoms with Gasteiger partial charge in [-0.1, -0.05) is 45.8 Å². The van der Waals surface area contributed by atoms with Crippen molar-refractivity contribution in [2.45, 2.75) is 6.92 Å². The molecule has 0 spiro atoms. The lowest BCUT2D eigenvalue weighted by Crippen LogP contribution is -2.19. The van der Waals surface area contributed by atoms with Gasteiger partial charge in [-0.3, -0.25) is 4.79 Å². The highest BCUT2D eigenvalue weighted by Gasteiger charge is 2.12. The van der Waals surface area contributed by atoms with E-state index in [1.165, 1.54) is 5.56 Å². The van der Waals surface area contributed by atoms with Crippen molar-refractivity contribution >= 4 is 49.7 Å². The van der Waals surface area contributed by atoms with Gasteiger partial charge in [0, 0.05) is 8.95 Å². The first-order chi connectivity index (χ1) is 9.97. The van der Waals surface area contributed by atoms with E-state index in [4.69, 9.17) is 5.73 Å². The van der Waals surface area contributed by atoms with Crippen LogP contribution in [0.15, 0.2) is 50.4 Å². The number of halogens is 2. The second-order valence-electron chi connectivity index (χ2n) is 4.46. The molecule has 0 heterocycles. The monoisotopic (exact) mass is 409 g/mol. The second-order valence-corrected chi connectivity index (χ2v) is 6.23. The van der Waals surface area contributed by atoms with Crippen molar-refractivity contribution in [1.29, 1.82) is 0 Å². The topological polar surface area (TPSA) is 67.5 Å². The van der Waals surface area contributed by atoms with Gasteiger partial charge in [0.2, 0.25) is 0 Å². The minimum atomic E-state index is -0.363. The summed E-state index contributed by atoms with van der Waals surface area (Å²) in [5.41, 5.74) is 11.1. The molecule has 0 radical (unpaired) electrons. The lowest BCUT2D eigenvalue weighted by molar-refractivity contribution is 0.0956. The molecular formula is C15H13Br2N3O. The maximum absolute atomic E-state index is 12.1. The molecule has 0 bridgehead atoms. The highest BCUT2D eigenvalue weighted by atomic mass is 79.9. The van der Waals surface area contributed by atoms with Gasteiger partial charge in [-0.15, -0.1) is 0 Å². The molecule has 2 rings (SSSR count). The van der Waals surface area contributed by atoms with Crippen LogP contribution in [0.25, 0.3) is 0 Å². The summed E-state index contributed by atoms with van der Waals surface area (Å²) in [6, 6.07) is 11.2. The molecule has 21 heavy (non-hydrogen) atoms. The average Bonchev–Trinajstić information content (AvgIpc) is 2.44. The van der Waals surface area contributed by atoms with E-state index in [9.17, 15) is 4.79 Å². The quantitative estimate of drug-likeness (QED) is 0.458. The third-order valence-electron chi connectivity index (χ3n) is 2.80. The predicted octanol–water partition coefficient (Wildman–Crippen LogP) is 3.87. The minimum Gasteiger partial charge on any atom is -0.397 e. The number of nitrogens with zero attached hydrogens (tertiary/aromatic N) is 1. The maximum atomic E-state index is 12.1. The average molecular weight is 411 g/mol. The number of benzene rings is 2. The Kier molecular flexibility index (Phi) is 5.14. The van der Waals surface area contributed by atoms with Crippen LogP contribution in [0.4, 0.5) is 5.69 Å². The Morgan fingerprint density at radius 2 is 1.90 bits per heavy atom. The van der Waals surface area contributed by atoms with Gasteiger partial charge in [0.1, 0.15) is 0 Å². The molecule has 0 saturated heterocycles. The molecule has 4 nitrogen and oxygen atoms in total. The summed E-state index contributed by atoms with van der Waals surface area (Å²) < 4.78 is 1.42. The fourth-order valence-electron chi connectivity index (χ4n) is 1.65. The molecule has 2 aromatic carbocycles. The Morgan fingerprint density at radius 1 is 1.24 bits per heavy atom. The number of carbonyl (C=O) groups is 1. The molecule has 1 amide bonds. The number of nitrogen functional groups attached to an aromatic ring is 1. The number of nitrogens with one attached hydrogen (secondary N) is 1. The lowest BCUT2D eigenvalue weighted by Gasteiger charge is -2.07. The number of hydrogen-bond acceptors (Lipinski definition) is 3. The normalized spacial score (nSPS) is 10.8. The second kappa shape index (κ2) is 6.87. The highest BCUT2D eigenvalue weighted by molar-refractivity contribution is 9.11. The number of anilines is 1. The van der Waals surface area contributed by atoms with Crippen LogP contribution in [-0.2, 0) is 0 Å². The van der Waals surface area contributed by atoms with E-state index < -0.39 is 0 Å². The summed E-state index contributed by atoms with van der Waals surface area (Å²) in [7, 11) is 0. The number of aryl methyl sites for hydroxylation is 1. The molecule has 0 unspecified atom stereocenters. The van der Waals surface area contributed by atoms with E-state index in [-0.39, 0.29) is 5.91 Å². The standard InChI is InChI=1S/C15H13Br2N3O/c1-9-2-4-10(5-3-9)8-19-20-15(21)12-6-11(16)7-13(17)14(12)18/h2-8H,18H2,1H3,(H,20,21)/b19-8+. The molecule has 0 aliphatic rings. The number of hydrazone groups is 1. The van der Waals surface area contributed by atoms with Crippen molar-refractivity contribution in [3.63, 3.8) is 0 Å². The zero-order chi connectivity index (χ0) is 15.4. The van der Waals surface area contributed by atoms with E-state index >= 15 is 0 Å². The zero-order valence-electron chi connectivity index (χ0n) is 11.2. The number of hydrogen-bond donors (Lipinski definition) is 2. The molecule has 108 valence electrons. The van der Waals surface area contributed by atoms with Crippen molar-refractivity contribution in [2.75, 3.05) is 5.73 Å². The van der Waals surface area contributed by atoms with Gasteiger partial charge >= 0.3 is 0 Å². The van der Waals surface area contributed by atoms with Crippen LogP contribution in [-0.4, -0.2) is 12.1 Å². The maximum Gasteiger partial charge on any atom is 0.273 e. The van der Waals surface area contributed by atoms with Crippen LogP contribution in [0, 0.1) is 6.92 Å². The van der Waals surface area contributed by atoms with E-state index in [1.807, 2.05) is 31.2 Å². The van der Waals surface area contributed by atoms with Crippen molar-refractivity contribution < 1.29 is 4.79 Å². The molecule has 0 aliphatic heterocycles. The fourth-order valence-corrected chi connectivity index (χ4v) is 2.88. The fraction of sp³-hybridized carbons (Fsp3) is 0.0667. The van der Waals surface area contributed by atoms with Crippen LogP contribution in [0.1, 0.15) is 21.5 Å². The van der Waals surface area contributed by atoms with Gasteiger partial charge in [0.25, 0.3) is 5.91 Å². The Morgan fingerprint density at radius 3 is 2.57 bits per heavy atom.